The van der Waals surface area contributed by atoms with Crippen LogP contribution in [-0.4, -0.2) is 12.6 Å². The Kier molecular flexibility index (Phi) is 3.32. The summed E-state index contributed by atoms with van der Waals surface area (Å²) < 4.78 is 5.16. The summed E-state index contributed by atoms with van der Waals surface area (Å²) in [6.07, 6.45) is 0.779. The van der Waals surface area contributed by atoms with Crippen molar-refractivity contribution in [3.05, 3.63) is 41.0 Å². The standard InChI is InChI=1S/C15H18O2/c1-4-17-15(16)14-9-10(2)11(3)12-7-5-6-8-13(12)14/h5-8,14H,4,9H2,1-3H3/t14-/m1/s1. The fourth-order valence-electron chi connectivity index (χ4n) is 2.39. The zero-order valence-corrected chi connectivity index (χ0v) is 10.6. The molecule has 0 saturated heterocycles. The second-order valence-corrected chi connectivity index (χ2v) is 4.50. The maximum Gasteiger partial charge on any atom is 0.313 e. The minimum Gasteiger partial charge on any atom is -0.466 e. The van der Waals surface area contributed by atoms with Crippen LogP contribution >= 0.6 is 0 Å². The Morgan fingerprint density at radius 1 is 1.35 bits per heavy atom. The minimum absolute atomic E-state index is 0.105. The van der Waals surface area contributed by atoms with E-state index in [0.717, 1.165) is 12.0 Å². The Morgan fingerprint density at radius 3 is 2.76 bits per heavy atom. The molecule has 1 aromatic rings. The molecule has 0 heterocycles. The first-order valence-corrected chi connectivity index (χ1v) is 6.07. The molecule has 2 heteroatoms. The van der Waals surface area contributed by atoms with Crippen LogP contribution in [0.1, 0.15) is 44.2 Å². The largest absolute Gasteiger partial charge is 0.466 e. The van der Waals surface area contributed by atoms with E-state index in [0.29, 0.717) is 6.61 Å². The lowest BCUT2D eigenvalue weighted by Crippen LogP contribution is -2.20. The van der Waals surface area contributed by atoms with E-state index in [1.807, 2.05) is 25.1 Å². The van der Waals surface area contributed by atoms with Gasteiger partial charge in [0.1, 0.15) is 0 Å². The molecule has 1 aromatic carbocycles. The second-order valence-electron chi connectivity index (χ2n) is 4.50. The zero-order valence-electron chi connectivity index (χ0n) is 10.6. The van der Waals surface area contributed by atoms with Crippen molar-refractivity contribution in [1.29, 1.82) is 0 Å². The smallest absolute Gasteiger partial charge is 0.313 e. The van der Waals surface area contributed by atoms with Gasteiger partial charge in [-0.25, -0.2) is 0 Å². The van der Waals surface area contributed by atoms with Gasteiger partial charge in [0.25, 0.3) is 0 Å². The lowest BCUT2D eigenvalue weighted by atomic mass is 9.80. The van der Waals surface area contributed by atoms with Crippen molar-refractivity contribution in [2.75, 3.05) is 6.61 Å². The maximum atomic E-state index is 12.0. The molecule has 0 saturated carbocycles. The number of hydrogen-bond acceptors (Lipinski definition) is 2. The van der Waals surface area contributed by atoms with Crippen molar-refractivity contribution in [1.82, 2.24) is 0 Å². The van der Waals surface area contributed by atoms with Gasteiger partial charge in [0.15, 0.2) is 0 Å². The molecule has 2 nitrogen and oxygen atoms in total. The number of esters is 1. The zero-order chi connectivity index (χ0) is 12.4. The van der Waals surface area contributed by atoms with E-state index in [1.165, 1.54) is 16.7 Å². The summed E-state index contributed by atoms with van der Waals surface area (Å²) in [6, 6.07) is 8.12. The van der Waals surface area contributed by atoms with E-state index < -0.39 is 0 Å². The first kappa shape index (κ1) is 11.9. The van der Waals surface area contributed by atoms with Crippen molar-refractivity contribution in [2.45, 2.75) is 33.1 Å². The number of carbonyl (C=O) groups is 1. The molecule has 0 aliphatic heterocycles. The highest BCUT2D eigenvalue weighted by atomic mass is 16.5. The predicted molar refractivity (Wildman–Crippen MR) is 68.7 cm³/mol. The van der Waals surface area contributed by atoms with Gasteiger partial charge in [-0.15, -0.1) is 0 Å². The van der Waals surface area contributed by atoms with Crippen LogP contribution in [0.25, 0.3) is 5.57 Å². The van der Waals surface area contributed by atoms with Gasteiger partial charge >= 0.3 is 5.97 Å². The number of hydrogen-bond donors (Lipinski definition) is 0. The summed E-state index contributed by atoms with van der Waals surface area (Å²) in [5.41, 5.74) is 4.87. The van der Waals surface area contributed by atoms with Crippen molar-refractivity contribution in [3.8, 4) is 0 Å². The first-order chi connectivity index (χ1) is 8.15. The summed E-state index contributed by atoms with van der Waals surface area (Å²) in [5, 5.41) is 0. The van der Waals surface area contributed by atoms with Crippen LogP contribution in [0.2, 0.25) is 0 Å². The molecule has 0 spiro atoms. The van der Waals surface area contributed by atoms with E-state index in [4.69, 9.17) is 4.74 Å². The molecule has 1 atom stereocenters. The van der Waals surface area contributed by atoms with Crippen LogP contribution in [0.15, 0.2) is 29.8 Å². The fraction of sp³-hybridized carbons (Fsp3) is 0.400. The van der Waals surface area contributed by atoms with Crippen LogP contribution in [-0.2, 0) is 9.53 Å². The Labute approximate surface area is 102 Å². The van der Waals surface area contributed by atoms with E-state index >= 15 is 0 Å². The molecule has 0 fully saturated rings. The van der Waals surface area contributed by atoms with Gasteiger partial charge in [0.05, 0.1) is 12.5 Å². The third kappa shape index (κ3) is 2.12. The summed E-state index contributed by atoms with van der Waals surface area (Å²) in [5.74, 6) is -0.235. The lowest BCUT2D eigenvalue weighted by Gasteiger charge is -2.26. The molecule has 1 aliphatic carbocycles. The van der Waals surface area contributed by atoms with Crippen LogP contribution in [0, 0.1) is 0 Å². The third-order valence-corrected chi connectivity index (χ3v) is 3.46. The number of fused-ring (bicyclic) bond motifs is 1. The SMILES string of the molecule is CCOC(=O)[C@@H]1CC(C)=C(C)c2ccccc21. The van der Waals surface area contributed by atoms with E-state index in [1.54, 1.807) is 0 Å². The van der Waals surface area contributed by atoms with Gasteiger partial charge in [0, 0.05) is 0 Å². The second kappa shape index (κ2) is 4.74. The monoisotopic (exact) mass is 230 g/mol. The van der Waals surface area contributed by atoms with E-state index in [2.05, 4.69) is 19.9 Å². The molecule has 0 N–H and O–H groups in total. The number of benzene rings is 1. The molecule has 1 aliphatic rings. The van der Waals surface area contributed by atoms with Crippen molar-refractivity contribution >= 4 is 11.5 Å². The van der Waals surface area contributed by atoms with Crippen LogP contribution in [0.4, 0.5) is 0 Å². The van der Waals surface area contributed by atoms with Gasteiger partial charge in [0.2, 0.25) is 0 Å². The molecule has 0 aromatic heterocycles. The molecule has 0 unspecified atom stereocenters. The topological polar surface area (TPSA) is 26.3 Å². The average Bonchev–Trinajstić information content (AvgIpc) is 2.34. The fourth-order valence-corrected chi connectivity index (χ4v) is 2.39. The van der Waals surface area contributed by atoms with Crippen LogP contribution in [0.5, 0.6) is 0 Å². The Hall–Kier alpha value is -1.57. The highest BCUT2D eigenvalue weighted by Gasteiger charge is 2.29. The number of carbonyl (C=O) groups excluding carboxylic acids is 1. The number of allylic oxidation sites excluding steroid dienone is 2. The number of ether oxygens (including phenoxy) is 1. The van der Waals surface area contributed by atoms with Gasteiger partial charge < -0.3 is 4.74 Å². The van der Waals surface area contributed by atoms with Crippen LogP contribution < -0.4 is 0 Å². The predicted octanol–water partition coefficient (Wildman–Crippen LogP) is 3.53. The quantitative estimate of drug-likeness (QED) is 0.726. The molecule has 17 heavy (non-hydrogen) atoms. The van der Waals surface area contributed by atoms with Gasteiger partial charge in [-0.2, -0.15) is 0 Å². The minimum atomic E-state index is -0.130. The van der Waals surface area contributed by atoms with Gasteiger partial charge in [-0.3, -0.25) is 4.79 Å². The normalized spacial score (nSPS) is 18.9. The molecule has 0 radical (unpaired) electrons. The highest BCUT2D eigenvalue weighted by Crippen LogP contribution is 2.38. The summed E-state index contributed by atoms with van der Waals surface area (Å²) in [6.45, 7) is 6.51. The first-order valence-electron chi connectivity index (χ1n) is 6.07. The Morgan fingerprint density at radius 2 is 2.06 bits per heavy atom. The summed E-state index contributed by atoms with van der Waals surface area (Å²) >= 11 is 0. The summed E-state index contributed by atoms with van der Waals surface area (Å²) in [4.78, 5) is 12.0. The molecular weight excluding hydrogens is 212 g/mol. The summed E-state index contributed by atoms with van der Waals surface area (Å²) in [7, 11) is 0. The van der Waals surface area contributed by atoms with Gasteiger partial charge in [-0.1, -0.05) is 29.8 Å². The van der Waals surface area contributed by atoms with Crippen LogP contribution in [0.3, 0.4) is 0 Å². The third-order valence-electron chi connectivity index (χ3n) is 3.46. The Balaban J connectivity index is 2.44. The highest BCUT2D eigenvalue weighted by molar-refractivity contribution is 5.85. The van der Waals surface area contributed by atoms with Gasteiger partial charge in [-0.05, 0) is 43.9 Å². The van der Waals surface area contributed by atoms with E-state index in [-0.39, 0.29) is 11.9 Å². The average molecular weight is 230 g/mol. The maximum absolute atomic E-state index is 12.0. The van der Waals surface area contributed by atoms with E-state index in [9.17, 15) is 4.79 Å². The lowest BCUT2D eigenvalue weighted by molar-refractivity contribution is -0.145. The molecular formula is C15H18O2. The van der Waals surface area contributed by atoms with Crippen molar-refractivity contribution < 1.29 is 9.53 Å². The van der Waals surface area contributed by atoms with Crippen molar-refractivity contribution in [2.24, 2.45) is 0 Å². The molecule has 0 amide bonds. The Bertz CT molecular complexity index is 472. The van der Waals surface area contributed by atoms with Crippen molar-refractivity contribution in [3.63, 3.8) is 0 Å². The molecule has 90 valence electrons. The number of rotatable bonds is 2. The molecule has 2 rings (SSSR count). The molecule has 0 bridgehead atoms.